The summed E-state index contributed by atoms with van der Waals surface area (Å²) in [6.07, 6.45) is 3.70. The Labute approximate surface area is 173 Å². The van der Waals surface area contributed by atoms with Crippen LogP contribution < -0.4 is 14.4 Å². The van der Waals surface area contributed by atoms with Crippen LogP contribution in [0.25, 0.3) is 11.5 Å². The van der Waals surface area contributed by atoms with Crippen molar-refractivity contribution in [3.8, 4) is 23.0 Å². The SMILES string of the molecule is CC(C)n1cnnc1-c1cccc(N2Cc3cc4c(cc3C2=O)OC2(CC2)CO4)n1. The molecule has 2 aromatic heterocycles. The van der Waals surface area contributed by atoms with Gasteiger partial charge in [0, 0.05) is 11.6 Å². The smallest absolute Gasteiger partial charge is 0.260 e. The lowest BCUT2D eigenvalue weighted by atomic mass is 10.1. The van der Waals surface area contributed by atoms with E-state index in [2.05, 4.69) is 24.0 Å². The van der Waals surface area contributed by atoms with Crippen molar-refractivity contribution in [1.82, 2.24) is 19.7 Å². The van der Waals surface area contributed by atoms with E-state index in [0.29, 0.717) is 47.6 Å². The summed E-state index contributed by atoms with van der Waals surface area (Å²) in [7, 11) is 0. The molecule has 3 aromatic rings. The number of carbonyl (C=O) groups excluding carboxylic acids is 1. The van der Waals surface area contributed by atoms with Crippen molar-refractivity contribution in [2.24, 2.45) is 0 Å². The minimum absolute atomic E-state index is 0.0817. The van der Waals surface area contributed by atoms with E-state index in [4.69, 9.17) is 14.5 Å². The highest BCUT2D eigenvalue weighted by atomic mass is 16.6. The summed E-state index contributed by atoms with van der Waals surface area (Å²) < 4.78 is 14.0. The predicted molar refractivity (Wildman–Crippen MR) is 109 cm³/mol. The molecule has 0 unspecified atom stereocenters. The largest absolute Gasteiger partial charge is 0.486 e. The Morgan fingerprint density at radius 2 is 2.03 bits per heavy atom. The normalized spacial score (nSPS) is 18.2. The summed E-state index contributed by atoms with van der Waals surface area (Å²) in [6, 6.07) is 9.58. The fourth-order valence-corrected chi connectivity index (χ4v) is 4.06. The average molecular weight is 403 g/mol. The van der Waals surface area contributed by atoms with E-state index in [1.54, 1.807) is 11.2 Å². The lowest BCUT2D eigenvalue weighted by molar-refractivity contribution is 0.0714. The van der Waals surface area contributed by atoms with Crippen molar-refractivity contribution in [2.75, 3.05) is 11.5 Å². The van der Waals surface area contributed by atoms with Gasteiger partial charge in [0.25, 0.3) is 5.91 Å². The summed E-state index contributed by atoms with van der Waals surface area (Å²) >= 11 is 0. The van der Waals surface area contributed by atoms with E-state index in [-0.39, 0.29) is 17.6 Å². The first kappa shape index (κ1) is 17.4. The van der Waals surface area contributed by atoms with E-state index >= 15 is 0 Å². The summed E-state index contributed by atoms with van der Waals surface area (Å²) in [6.45, 7) is 5.16. The minimum atomic E-state index is -0.176. The summed E-state index contributed by atoms with van der Waals surface area (Å²) in [5, 5.41) is 8.24. The van der Waals surface area contributed by atoms with Crippen LogP contribution in [0, 0.1) is 0 Å². The maximum atomic E-state index is 13.2. The minimum Gasteiger partial charge on any atom is -0.486 e. The number of hydrogen-bond donors (Lipinski definition) is 0. The molecule has 0 saturated heterocycles. The van der Waals surface area contributed by atoms with Gasteiger partial charge in [0.2, 0.25) is 0 Å². The Balaban J connectivity index is 1.34. The molecule has 0 bridgehead atoms. The number of carbonyl (C=O) groups is 1. The van der Waals surface area contributed by atoms with E-state index in [9.17, 15) is 4.79 Å². The molecule has 6 rings (SSSR count). The first-order chi connectivity index (χ1) is 14.5. The zero-order chi connectivity index (χ0) is 20.5. The van der Waals surface area contributed by atoms with Crippen LogP contribution in [0.4, 0.5) is 5.82 Å². The van der Waals surface area contributed by atoms with Gasteiger partial charge in [-0.2, -0.15) is 0 Å². The fraction of sp³-hybridized carbons (Fsp3) is 0.364. The standard InChI is InChI=1S/C22H21N5O3/c1-13(2)27-12-23-25-20(27)16-4-3-5-19(24-16)26-10-14-8-17-18(9-15(14)21(26)28)30-22(6-7-22)11-29-17/h3-5,8-9,12-13H,6-7,10-11H2,1-2H3. The number of nitrogens with zero attached hydrogens (tertiary/aromatic N) is 5. The number of pyridine rings is 1. The Morgan fingerprint density at radius 3 is 2.83 bits per heavy atom. The number of fused-ring (bicyclic) bond motifs is 2. The number of benzene rings is 1. The van der Waals surface area contributed by atoms with Crippen molar-refractivity contribution in [2.45, 2.75) is 44.9 Å². The third-order valence-electron chi connectivity index (χ3n) is 5.97. The van der Waals surface area contributed by atoms with Crippen molar-refractivity contribution < 1.29 is 14.3 Å². The Kier molecular flexibility index (Phi) is 3.51. The second kappa shape index (κ2) is 6.04. The van der Waals surface area contributed by atoms with E-state index in [1.165, 1.54) is 0 Å². The molecular formula is C22H21N5O3. The highest BCUT2D eigenvalue weighted by Gasteiger charge is 2.49. The monoisotopic (exact) mass is 403 g/mol. The van der Waals surface area contributed by atoms with Gasteiger partial charge in [0.1, 0.15) is 30.0 Å². The van der Waals surface area contributed by atoms with Gasteiger partial charge >= 0.3 is 0 Å². The fourth-order valence-electron chi connectivity index (χ4n) is 4.06. The van der Waals surface area contributed by atoms with E-state index < -0.39 is 0 Å². The molecule has 8 nitrogen and oxygen atoms in total. The van der Waals surface area contributed by atoms with Crippen LogP contribution in [0.3, 0.4) is 0 Å². The number of ether oxygens (including phenoxy) is 2. The Bertz CT molecular complexity index is 1180. The topological polar surface area (TPSA) is 82.4 Å². The first-order valence-electron chi connectivity index (χ1n) is 10.2. The highest BCUT2D eigenvalue weighted by Crippen LogP contribution is 2.48. The molecule has 1 amide bonds. The molecular weight excluding hydrogens is 382 g/mol. The molecule has 152 valence electrons. The van der Waals surface area contributed by atoms with Crippen LogP contribution in [0.2, 0.25) is 0 Å². The third kappa shape index (κ3) is 2.59. The summed E-state index contributed by atoms with van der Waals surface area (Å²) in [4.78, 5) is 19.6. The van der Waals surface area contributed by atoms with Gasteiger partial charge in [-0.05, 0) is 56.5 Å². The molecule has 3 aliphatic rings. The van der Waals surface area contributed by atoms with Crippen molar-refractivity contribution in [3.05, 3.63) is 47.8 Å². The molecule has 1 aromatic carbocycles. The van der Waals surface area contributed by atoms with E-state index in [0.717, 1.165) is 18.4 Å². The zero-order valence-corrected chi connectivity index (χ0v) is 16.8. The lowest BCUT2D eigenvalue weighted by Gasteiger charge is -2.26. The van der Waals surface area contributed by atoms with Crippen molar-refractivity contribution in [1.29, 1.82) is 0 Å². The molecule has 1 saturated carbocycles. The van der Waals surface area contributed by atoms with Gasteiger partial charge in [-0.3, -0.25) is 9.69 Å². The number of amides is 1. The van der Waals surface area contributed by atoms with Gasteiger partial charge in [-0.1, -0.05) is 6.07 Å². The molecule has 8 heteroatoms. The molecule has 30 heavy (non-hydrogen) atoms. The van der Waals surface area contributed by atoms with Crippen LogP contribution in [-0.2, 0) is 6.54 Å². The van der Waals surface area contributed by atoms with E-state index in [1.807, 2.05) is 34.9 Å². The molecule has 1 aliphatic carbocycles. The van der Waals surface area contributed by atoms with Gasteiger partial charge in [-0.15, -0.1) is 10.2 Å². The Hall–Kier alpha value is -3.42. The molecule has 0 atom stereocenters. The second-order valence-corrected chi connectivity index (χ2v) is 8.46. The number of anilines is 1. The van der Waals surface area contributed by atoms with Gasteiger partial charge in [0.05, 0.1) is 6.54 Å². The van der Waals surface area contributed by atoms with Crippen molar-refractivity contribution >= 4 is 11.7 Å². The van der Waals surface area contributed by atoms with Crippen LogP contribution in [-0.4, -0.2) is 37.9 Å². The quantitative estimate of drug-likeness (QED) is 0.667. The molecule has 0 radical (unpaired) electrons. The van der Waals surface area contributed by atoms with Crippen molar-refractivity contribution in [3.63, 3.8) is 0 Å². The van der Waals surface area contributed by atoms with Gasteiger partial charge < -0.3 is 14.0 Å². The van der Waals surface area contributed by atoms with Crippen LogP contribution in [0.15, 0.2) is 36.7 Å². The van der Waals surface area contributed by atoms with Crippen LogP contribution in [0.5, 0.6) is 11.5 Å². The van der Waals surface area contributed by atoms with Gasteiger partial charge in [0.15, 0.2) is 17.3 Å². The molecule has 0 N–H and O–H groups in total. The molecule has 1 fully saturated rings. The average Bonchev–Trinajstić information content (AvgIpc) is 3.18. The zero-order valence-electron chi connectivity index (χ0n) is 16.8. The van der Waals surface area contributed by atoms with Gasteiger partial charge in [-0.25, -0.2) is 4.98 Å². The number of aromatic nitrogens is 4. The Morgan fingerprint density at radius 1 is 1.17 bits per heavy atom. The first-order valence-corrected chi connectivity index (χ1v) is 10.2. The second-order valence-electron chi connectivity index (χ2n) is 8.46. The maximum Gasteiger partial charge on any atom is 0.260 e. The summed E-state index contributed by atoms with van der Waals surface area (Å²) in [5.41, 5.74) is 2.08. The van der Waals surface area contributed by atoms with Crippen LogP contribution in [0.1, 0.15) is 48.7 Å². The molecule has 4 heterocycles. The predicted octanol–water partition coefficient (Wildman–Crippen LogP) is 3.39. The lowest BCUT2D eigenvalue weighted by Crippen LogP contribution is -2.31. The summed E-state index contributed by atoms with van der Waals surface area (Å²) in [5.74, 6) is 2.57. The highest BCUT2D eigenvalue weighted by molar-refractivity contribution is 6.10. The molecule has 2 aliphatic heterocycles. The van der Waals surface area contributed by atoms with Crippen LogP contribution >= 0.6 is 0 Å². The molecule has 1 spiro atoms. The third-order valence-corrected chi connectivity index (χ3v) is 5.97. The number of rotatable bonds is 3. The number of hydrogen-bond acceptors (Lipinski definition) is 6. The maximum absolute atomic E-state index is 13.2.